The van der Waals surface area contributed by atoms with Crippen LogP contribution in [0.4, 0.5) is 13.2 Å². The Balaban J connectivity index is 2.28. The van der Waals surface area contributed by atoms with E-state index in [-0.39, 0.29) is 11.3 Å². The van der Waals surface area contributed by atoms with Crippen molar-refractivity contribution in [3.05, 3.63) is 65.5 Å². The first-order chi connectivity index (χ1) is 8.48. The van der Waals surface area contributed by atoms with E-state index in [9.17, 15) is 18.0 Å². The first kappa shape index (κ1) is 12.3. The summed E-state index contributed by atoms with van der Waals surface area (Å²) in [5.74, 6) is -0.350. The molecule has 0 aliphatic heterocycles. The third kappa shape index (κ3) is 2.56. The normalized spacial score (nSPS) is 11.3. The summed E-state index contributed by atoms with van der Waals surface area (Å²) in [6, 6.07) is 10.2. The minimum Gasteiger partial charge on any atom is -0.289 e. The molecule has 0 N–H and O–H groups in total. The van der Waals surface area contributed by atoms with Gasteiger partial charge in [0.1, 0.15) is 5.69 Å². The maximum absolute atomic E-state index is 12.3. The SMILES string of the molecule is O=C(c1ccccc1)c1ccc(C(F)(F)F)nc1. The molecule has 0 aliphatic carbocycles. The molecule has 1 aromatic heterocycles. The fraction of sp³-hybridized carbons (Fsp3) is 0.0769. The topological polar surface area (TPSA) is 30.0 Å². The van der Waals surface area contributed by atoms with Gasteiger partial charge in [-0.15, -0.1) is 0 Å². The summed E-state index contributed by atoms with van der Waals surface area (Å²) in [5, 5.41) is 0. The number of ketones is 1. The van der Waals surface area contributed by atoms with Crippen LogP contribution < -0.4 is 0 Å². The first-order valence-electron chi connectivity index (χ1n) is 5.11. The van der Waals surface area contributed by atoms with E-state index in [1.807, 2.05) is 0 Å². The van der Waals surface area contributed by atoms with Gasteiger partial charge in [-0.1, -0.05) is 30.3 Å². The summed E-state index contributed by atoms with van der Waals surface area (Å²) in [7, 11) is 0. The Labute approximate surface area is 101 Å². The Hall–Kier alpha value is -2.17. The molecule has 1 aromatic carbocycles. The van der Waals surface area contributed by atoms with Crippen molar-refractivity contribution in [2.75, 3.05) is 0 Å². The number of pyridine rings is 1. The molecule has 2 aromatic rings. The van der Waals surface area contributed by atoms with Crippen LogP contribution in [-0.2, 0) is 6.18 Å². The van der Waals surface area contributed by atoms with Crippen molar-refractivity contribution in [1.82, 2.24) is 4.98 Å². The van der Waals surface area contributed by atoms with Gasteiger partial charge < -0.3 is 0 Å². The number of alkyl halides is 3. The molecule has 0 fully saturated rings. The fourth-order valence-electron chi connectivity index (χ4n) is 1.45. The van der Waals surface area contributed by atoms with Crippen molar-refractivity contribution in [1.29, 1.82) is 0 Å². The van der Waals surface area contributed by atoms with Crippen LogP contribution >= 0.6 is 0 Å². The third-order valence-electron chi connectivity index (χ3n) is 2.35. The Kier molecular flexibility index (Phi) is 3.14. The number of rotatable bonds is 2. The van der Waals surface area contributed by atoms with E-state index < -0.39 is 11.9 Å². The molecule has 0 atom stereocenters. The van der Waals surface area contributed by atoms with E-state index in [1.165, 1.54) is 0 Å². The summed E-state index contributed by atoms with van der Waals surface area (Å²) >= 11 is 0. The largest absolute Gasteiger partial charge is 0.433 e. The van der Waals surface area contributed by atoms with Crippen LogP contribution in [0.5, 0.6) is 0 Å². The van der Waals surface area contributed by atoms with E-state index in [2.05, 4.69) is 4.98 Å². The highest BCUT2D eigenvalue weighted by Crippen LogP contribution is 2.27. The molecule has 2 nitrogen and oxygen atoms in total. The molecule has 1 heterocycles. The van der Waals surface area contributed by atoms with E-state index in [4.69, 9.17) is 0 Å². The van der Waals surface area contributed by atoms with Gasteiger partial charge in [-0.05, 0) is 12.1 Å². The second kappa shape index (κ2) is 4.60. The molecule has 0 saturated heterocycles. The summed E-state index contributed by atoms with van der Waals surface area (Å²) in [5.41, 5.74) is -0.458. The Morgan fingerprint density at radius 3 is 2.11 bits per heavy atom. The molecule has 0 aliphatic rings. The second-order valence-corrected chi connectivity index (χ2v) is 3.63. The standard InChI is InChI=1S/C13H8F3NO/c14-13(15,16)11-7-6-10(8-17-11)12(18)9-4-2-1-3-5-9/h1-8H. The van der Waals surface area contributed by atoms with Crippen LogP contribution in [0.3, 0.4) is 0 Å². The van der Waals surface area contributed by atoms with Crippen LogP contribution in [0.25, 0.3) is 0 Å². The number of hydrogen-bond acceptors (Lipinski definition) is 2. The van der Waals surface area contributed by atoms with Gasteiger partial charge in [-0.3, -0.25) is 9.78 Å². The van der Waals surface area contributed by atoms with Crippen molar-refractivity contribution in [3.8, 4) is 0 Å². The molecule has 0 bridgehead atoms. The zero-order chi connectivity index (χ0) is 13.2. The van der Waals surface area contributed by atoms with Crippen molar-refractivity contribution >= 4 is 5.78 Å². The molecule has 5 heteroatoms. The second-order valence-electron chi connectivity index (χ2n) is 3.63. The van der Waals surface area contributed by atoms with Gasteiger partial charge in [-0.2, -0.15) is 13.2 Å². The highest BCUT2D eigenvalue weighted by atomic mass is 19.4. The smallest absolute Gasteiger partial charge is 0.289 e. The maximum Gasteiger partial charge on any atom is 0.433 e. The number of benzene rings is 1. The van der Waals surface area contributed by atoms with Gasteiger partial charge in [-0.25, -0.2) is 0 Å². The number of hydrogen-bond donors (Lipinski definition) is 0. The Bertz CT molecular complexity index is 547. The summed E-state index contributed by atoms with van der Waals surface area (Å²) in [4.78, 5) is 15.1. The highest BCUT2D eigenvalue weighted by Gasteiger charge is 2.32. The zero-order valence-corrected chi connectivity index (χ0v) is 9.11. The average molecular weight is 251 g/mol. The van der Waals surface area contributed by atoms with Crippen molar-refractivity contribution in [2.45, 2.75) is 6.18 Å². The molecule has 92 valence electrons. The van der Waals surface area contributed by atoms with Crippen molar-refractivity contribution < 1.29 is 18.0 Å². The number of carbonyl (C=O) groups is 1. The monoisotopic (exact) mass is 251 g/mol. The zero-order valence-electron chi connectivity index (χ0n) is 9.11. The third-order valence-corrected chi connectivity index (χ3v) is 2.35. The molecule has 0 unspecified atom stereocenters. The maximum atomic E-state index is 12.3. The molecule has 0 amide bonds. The predicted molar refractivity (Wildman–Crippen MR) is 59.1 cm³/mol. The molecular weight excluding hydrogens is 243 g/mol. The van der Waals surface area contributed by atoms with Crippen LogP contribution in [0, 0.1) is 0 Å². The van der Waals surface area contributed by atoms with Gasteiger partial charge in [0.2, 0.25) is 0 Å². The minimum atomic E-state index is -4.49. The lowest BCUT2D eigenvalue weighted by Crippen LogP contribution is -2.09. The lowest BCUT2D eigenvalue weighted by molar-refractivity contribution is -0.141. The first-order valence-corrected chi connectivity index (χ1v) is 5.11. The van der Waals surface area contributed by atoms with E-state index in [0.717, 1.165) is 18.3 Å². The molecule has 0 saturated carbocycles. The molecule has 0 spiro atoms. The molecule has 18 heavy (non-hydrogen) atoms. The van der Waals surface area contributed by atoms with Gasteiger partial charge >= 0.3 is 6.18 Å². The summed E-state index contributed by atoms with van der Waals surface area (Å²) in [6.45, 7) is 0. The molecule has 0 radical (unpaired) electrons. The van der Waals surface area contributed by atoms with Crippen LogP contribution in [0.15, 0.2) is 48.7 Å². The van der Waals surface area contributed by atoms with Gasteiger partial charge in [0.25, 0.3) is 0 Å². The quantitative estimate of drug-likeness (QED) is 0.766. The lowest BCUT2D eigenvalue weighted by atomic mass is 10.1. The lowest BCUT2D eigenvalue weighted by Gasteiger charge is -2.06. The number of nitrogens with zero attached hydrogens (tertiary/aromatic N) is 1. The molecule has 2 rings (SSSR count). The van der Waals surface area contributed by atoms with Gasteiger partial charge in [0, 0.05) is 17.3 Å². The van der Waals surface area contributed by atoms with Crippen LogP contribution in [0.2, 0.25) is 0 Å². The van der Waals surface area contributed by atoms with E-state index in [1.54, 1.807) is 30.3 Å². The minimum absolute atomic E-state index is 0.134. The van der Waals surface area contributed by atoms with Crippen molar-refractivity contribution in [3.63, 3.8) is 0 Å². The summed E-state index contributed by atoms with van der Waals surface area (Å²) in [6.07, 6.45) is -3.55. The van der Waals surface area contributed by atoms with E-state index in [0.29, 0.717) is 5.56 Å². The molecular formula is C13H8F3NO. The van der Waals surface area contributed by atoms with Crippen LogP contribution in [0.1, 0.15) is 21.6 Å². The van der Waals surface area contributed by atoms with E-state index >= 15 is 0 Å². The van der Waals surface area contributed by atoms with Crippen LogP contribution in [-0.4, -0.2) is 10.8 Å². The average Bonchev–Trinajstić information content (AvgIpc) is 2.38. The van der Waals surface area contributed by atoms with Gasteiger partial charge in [0.05, 0.1) is 0 Å². The number of carbonyl (C=O) groups excluding carboxylic acids is 1. The predicted octanol–water partition coefficient (Wildman–Crippen LogP) is 3.33. The van der Waals surface area contributed by atoms with Crippen molar-refractivity contribution in [2.24, 2.45) is 0 Å². The number of halogens is 3. The summed E-state index contributed by atoms with van der Waals surface area (Å²) < 4.78 is 36.9. The number of aromatic nitrogens is 1. The fourth-order valence-corrected chi connectivity index (χ4v) is 1.45. The Morgan fingerprint density at radius 1 is 0.944 bits per heavy atom. The highest BCUT2D eigenvalue weighted by molar-refractivity contribution is 6.08. The van der Waals surface area contributed by atoms with Gasteiger partial charge in [0.15, 0.2) is 5.78 Å². The Morgan fingerprint density at radius 2 is 1.61 bits per heavy atom.